The standard InChI is InChI=1S/C27H29F2N3O2/c1-32-14-13-23(31-32)19-11-9-18(10-12-19)15-21-16-24(30-17-22(21)27(28)29)26(34)8-4-6-20-5-2-3-7-25(20)33/h4,6,9-14,16-17,20,25,27,33H,2-3,5,7-8,15H2,1H3/b6-4+/t20?,25-/m0/s1. The maximum absolute atomic E-state index is 13.6. The fourth-order valence-corrected chi connectivity index (χ4v) is 4.41. The van der Waals surface area contributed by atoms with Crippen molar-refractivity contribution in [3.05, 3.63) is 83.3 Å². The molecule has 1 aliphatic rings. The molecular weight excluding hydrogens is 436 g/mol. The molecular formula is C27H29F2N3O2. The number of halogens is 2. The molecule has 34 heavy (non-hydrogen) atoms. The summed E-state index contributed by atoms with van der Waals surface area (Å²) < 4.78 is 29.0. The van der Waals surface area contributed by atoms with Crippen LogP contribution in [0.2, 0.25) is 0 Å². The highest BCUT2D eigenvalue weighted by Gasteiger charge is 2.21. The number of aromatic nitrogens is 3. The average molecular weight is 466 g/mol. The summed E-state index contributed by atoms with van der Waals surface area (Å²) in [5, 5.41) is 14.4. The van der Waals surface area contributed by atoms with E-state index >= 15 is 0 Å². The van der Waals surface area contributed by atoms with Gasteiger partial charge in [0.05, 0.1) is 11.8 Å². The summed E-state index contributed by atoms with van der Waals surface area (Å²) in [4.78, 5) is 16.7. The number of aliphatic hydroxyl groups is 1. The van der Waals surface area contributed by atoms with E-state index in [1.54, 1.807) is 10.8 Å². The first-order valence-electron chi connectivity index (χ1n) is 11.6. The number of hydrogen-bond acceptors (Lipinski definition) is 4. The maximum Gasteiger partial charge on any atom is 0.265 e. The van der Waals surface area contributed by atoms with Crippen molar-refractivity contribution in [3.63, 3.8) is 0 Å². The number of hydrogen-bond donors (Lipinski definition) is 1. The quantitative estimate of drug-likeness (QED) is 0.343. The molecule has 1 aliphatic carbocycles. The molecule has 7 heteroatoms. The molecule has 0 saturated heterocycles. The predicted octanol–water partition coefficient (Wildman–Crippen LogP) is 5.69. The zero-order chi connectivity index (χ0) is 24.1. The van der Waals surface area contributed by atoms with Crippen molar-refractivity contribution in [2.45, 2.75) is 51.1 Å². The van der Waals surface area contributed by atoms with E-state index in [0.717, 1.165) is 48.7 Å². The van der Waals surface area contributed by atoms with Gasteiger partial charge in [0.2, 0.25) is 0 Å². The SMILES string of the molecule is Cn1ccc(-c2ccc(Cc3cc(C(=O)C/C=C/C4CCCC[C@@H]4O)ncc3C(F)F)cc2)n1. The van der Waals surface area contributed by atoms with Crippen LogP contribution in [0.5, 0.6) is 0 Å². The van der Waals surface area contributed by atoms with Crippen molar-refractivity contribution in [1.29, 1.82) is 0 Å². The van der Waals surface area contributed by atoms with Crippen LogP contribution in [-0.4, -0.2) is 31.8 Å². The first-order valence-corrected chi connectivity index (χ1v) is 11.6. The fraction of sp³-hybridized carbons (Fsp3) is 0.370. The van der Waals surface area contributed by atoms with Gasteiger partial charge in [-0.3, -0.25) is 14.5 Å². The summed E-state index contributed by atoms with van der Waals surface area (Å²) in [5.74, 6) is -0.158. The minimum Gasteiger partial charge on any atom is -0.393 e. The van der Waals surface area contributed by atoms with Gasteiger partial charge >= 0.3 is 0 Å². The fourth-order valence-electron chi connectivity index (χ4n) is 4.41. The summed E-state index contributed by atoms with van der Waals surface area (Å²) in [6, 6.07) is 11.0. The number of rotatable bonds is 8. The number of aliphatic hydroxyl groups excluding tert-OH is 1. The van der Waals surface area contributed by atoms with E-state index in [4.69, 9.17) is 0 Å². The molecule has 2 heterocycles. The predicted molar refractivity (Wildman–Crippen MR) is 127 cm³/mol. The highest BCUT2D eigenvalue weighted by Crippen LogP contribution is 2.27. The maximum atomic E-state index is 13.6. The minimum atomic E-state index is -2.67. The van der Waals surface area contributed by atoms with Crippen LogP contribution in [0.4, 0.5) is 8.78 Å². The largest absolute Gasteiger partial charge is 0.393 e. The molecule has 1 saturated carbocycles. The first-order chi connectivity index (χ1) is 16.4. The first kappa shape index (κ1) is 24.0. The molecule has 0 radical (unpaired) electrons. The number of carbonyl (C=O) groups excluding carboxylic acids is 1. The molecule has 0 bridgehead atoms. The molecule has 1 aromatic carbocycles. The van der Waals surface area contributed by atoms with Crippen molar-refractivity contribution in [2.75, 3.05) is 0 Å². The zero-order valence-corrected chi connectivity index (χ0v) is 19.2. The number of benzene rings is 1. The van der Waals surface area contributed by atoms with Gasteiger partial charge in [-0.25, -0.2) is 8.78 Å². The molecule has 0 amide bonds. The van der Waals surface area contributed by atoms with Gasteiger partial charge in [-0.1, -0.05) is 49.3 Å². The average Bonchev–Trinajstić information content (AvgIpc) is 3.26. The third-order valence-electron chi connectivity index (χ3n) is 6.37. The van der Waals surface area contributed by atoms with Crippen LogP contribution in [0.3, 0.4) is 0 Å². The van der Waals surface area contributed by atoms with E-state index in [1.807, 2.05) is 49.7 Å². The van der Waals surface area contributed by atoms with Gasteiger partial charge < -0.3 is 5.11 Å². The molecule has 1 N–H and O–H groups in total. The van der Waals surface area contributed by atoms with Gasteiger partial charge in [-0.2, -0.15) is 5.10 Å². The Morgan fingerprint density at radius 3 is 2.65 bits per heavy atom. The van der Waals surface area contributed by atoms with E-state index in [2.05, 4.69) is 10.1 Å². The normalized spacial score (nSPS) is 18.6. The number of alkyl halides is 2. The van der Waals surface area contributed by atoms with Gasteiger partial charge in [-0.05, 0) is 42.5 Å². The van der Waals surface area contributed by atoms with E-state index in [0.29, 0.717) is 5.56 Å². The highest BCUT2D eigenvalue weighted by molar-refractivity contribution is 5.95. The summed E-state index contributed by atoms with van der Waals surface area (Å²) in [7, 11) is 1.85. The Kier molecular flexibility index (Phi) is 7.63. The lowest BCUT2D eigenvalue weighted by Crippen LogP contribution is -2.22. The Morgan fingerprint density at radius 1 is 1.21 bits per heavy atom. The van der Waals surface area contributed by atoms with Crippen LogP contribution in [-0.2, 0) is 13.5 Å². The van der Waals surface area contributed by atoms with E-state index < -0.39 is 6.43 Å². The second kappa shape index (κ2) is 10.8. The van der Waals surface area contributed by atoms with Gasteiger partial charge in [0.15, 0.2) is 5.78 Å². The topological polar surface area (TPSA) is 68.0 Å². The third-order valence-corrected chi connectivity index (χ3v) is 6.37. The Bertz CT molecular complexity index is 1150. The Balaban J connectivity index is 1.47. The number of carbonyl (C=O) groups is 1. The van der Waals surface area contributed by atoms with Gasteiger partial charge in [0.25, 0.3) is 6.43 Å². The Labute approximate surface area is 198 Å². The van der Waals surface area contributed by atoms with E-state index in [-0.39, 0.29) is 41.9 Å². The second-order valence-electron chi connectivity index (χ2n) is 8.89. The van der Waals surface area contributed by atoms with Gasteiger partial charge in [0.1, 0.15) is 5.69 Å². The molecule has 178 valence electrons. The smallest absolute Gasteiger partial charge is 0.265 e. The van der Waals surface area contributed by atoms with Crippen LogP contribution in [0, 0.1) is 5.92 Å². The lowest BCUT2D eigenvalue weighted by molar-refractivity contribution is 0.0920. The van der Waals surface area contributed by atoms with Crippen LogP contribution in [0.25, 0.3) is 11.3 Å². The van der Waals surface area contributed by atoms with E-state index in [9.17, 15) is 18.7 Å². The zero-order valence-electron chi connectivity index (χ0n) is 19.2. The molecule has 0 aliphatic heterocycles. The lowest BCUT2D eigenvalue weighted by atomic mass is 9.86. The molecule has 3 aromatic rings. The summed E-state index contributed by atoms with van der Waals surface area (Å²) >= 11 is 0. The minimum absolute atomic E-state index is 0.0698. The number of pyridine rings is 1. The van der Waals surface area contributed by atoms with Crippen molar-refractivity contribution in [3.8, 4) is 11.3 Å². The number of aryl methyl sites for hydroxylation is 1. The van der Waals surface area contributed by atoms with Gasteiger partial charge in [0, 0.05) is 42.9 Å². The number of nitrogens with zero attached hydrogens (tertiary/aromatic N) is 3. The Morgan fingerprint density at radius 2 is 1.97 bits per heavy atom. The number of ketones is 1. The molecule has 5 nitrogen and oxygen atoms in total. The number of Topliss-reactive ketones (excluding diaryl/α,β-unsaturated/α-hetero) is 1. The molecule has 2 atom stereocenters. The number of allylic oxidation sites excluding steroid dienone is 1. The van der Waals surface area contributed by atoms with Crippen LogP contribution in [0.15, 0.2) is 60.9 Å². The van der Waals surface area contributed by atoms with Crippen LogP contribution < -0.4 is 0 Å². The molecule has 1 fully saturated rings. The van der Waals surface area contributed by atoms with Crippen LogP contribution >= 0.6 is 0 Å². The van der Waals surface area contributed by atoms with Crippen molar-refractivity contribution >= 4 is 5.78 Å². The van der Waals surface area contributed by atoms with Gasteiger partial charge in [-0.15, -0.1) is 0 Å². The lowest BCUT2D eigenvalue weighted by Gasteiger charge is -2.24. The summed E-state index contributed by atoms with van der Waals surface area (Å²) in [6.45, 7) is 0. The van der Waals surface area contributed by atoms with E-state index in [1.165, 1.54) is 6.07 Å². The van der Waals surface area contributed by atoms with Crippen LogP contribution in [0.1, 0.15) is 65.7 Å². The van der Waals surface area contributed by atoms with Crippen molar-refractivity contribution in [2.24, 2.45) is 13.0 Å². The summed E-state index contributed by atoms with van der Waals surface area (Å²) in [5.41, 5.74) is 3.05. The molecule has 2 aromatic heterocycles. The third kappa shape index (κ3) is 5.83. The Hall–Kier alpha value is -3.19. The molecule has 4 rings (SSSR count). The molecule has 0 spiro atoms. The molecule has 1 unspecified atom stereocenters. The van der Waals surface area contributed by atoms with Crippen molar-refractivity contribution in [1.82, 2.24) is 14.8 Å². The monoisotopic (exact) mass is 465 g/mol. The van der Waals surface area contributed by atoms with Crippen molar-refractivity contribution < 1.29 is 18.7 Å². The second-order valence-corrected chi connectivity index (χ2v) is 8.89. The highest BCUT2D eigenvalue weighted by atomic mass is 19.3. The summed E-state index contributed by atoms with van der Waals surface area (Å²) in [6.07, 6.45) is 7.80.